The van der Waals surface area contributed by atoms with Crippen LogP contribution in [0.2, 0.25) is 0 Å². The summed E-state index contributed by atoms with van der Waals surface area (Å²) < 4.78 is 12.1. The molecule has 3 rings (SSSR count). The number of carbonyl (C=O) groups is 1. The molecule has 1 atom stereocenters. The van der Waals surface area contributed by atoms with Gasteiger partial charge in [-0.2, -0.15) is 0 Å². The summed E-state index contributed by atoms with van der Waals surface area (Å²) in [6, 6.07) is 13.4. The van der Waals surface area contributed by atoms with Gasteiger partial charge in [-0.15, -0.1) is 0 Å². The van der Waals surface area contributed by atoms with Crippen LogP contribution in [0.5, 0.6) is 11.5 Å². The van der Waals surface area contributed by atoms with Crippen molar-refractivity contribution in [1.29, 1.82) is 0 Å². The first-order chi connectivity index (χ1) is 14.5. The molecule has 0 unspecified atom stereocenters. The van der Waals surface area contributed by atoms with Gasteiger partial charge in [0.15, 0.2) is 11.5 Å². The van der Waals surface area contributed by atoms with Crippen LogP contribution in [0.1, 0.15) is 31.2 Å². The normalized spacial score (nSPS) is 11.8. The Morgan fingerprint density at radius 2 is 1.83 bits per heavy atom. The fourth-order valence-electron chi connectivity index (χ4n) is 3.31. The monoisotopic (exact) mass is 409 g/mol. The van der Waals surface area contributed by atoms with Gasteiger partial charge in [0.1, 0.15) is 0 Å². The maximum Gasteiger partial charge on any atom is 0.261 e. The van der Waals surface area contributed by atoms with E-state index in [0.717, 1.165) is 0 Å². The zero-order valence-corrected chi connectivity index (χ0v) is 17.6. The molecule has 30 heavy (non-hydrogen) atoms. The Kier molecular flexibility index (Phi) is 7.06. The molecule has 3 aromatic rings. The van der Waals surface area contributed by atoms with E-state index < -0.39 is 0 Å². The van der Waals surface area contributed by atoms with Crippen LogP contribution in [0.4, 0.5) is 0 Å². The van der Waals surface area contributed by atoms with E-state index >= 15 is 0 Å². The zero-order chi connectivity index (χ0) is 21.5. The van der Waals surface area contributed by atoms with Gasteiger partial charge in [-0.05, 0) is 24.0 Å². The summed E-state index contributed by atoms with van der Waals surface area (Å²) in [6.45, 7) is 3.08. The highest BCUT2D eigenvalue weighted by Gasteiger charge is 2.12. The van der Waals surface area contributed by atoms with E-state index in [1.807, 2.05) is 18.2 Å². The number of carbonyl (C=O) groups excluding carboxylic acids is 1. The van der Waals surface area contributed by atoms with Crippen molar-refractivity contribution in [1.82, 2.24) is 14.9 Å². The van der Waals surface area contributed by atoms with Crippen molar-refractivity contribution in [3.8, 4) is 11.5 Å². The van der Waals surface area contributed by atoms with E-state index in [2.05, 4.69) is 29.4 Å². The van der Waals surface area contributed by atoms with Crippen LogP contribution in [0.3, 0.4) is 0 Å². The molecule has 2 aromatic carbocycles. The molecule has 0 aliphatic carbocycles. The number of benzene rings is 2. The van der Waals surface area contributed by atoms with Crippen LogP contribution >= 0.6 is 0 Å². The van der Waals surface area contributed by atoms with Crippen LogP contribution in [0, 0.1) is 0 Å². The Morgan fingerprint density at radius 1 is 1.13 bits per heavy atom. The third kappa shape index (κ3) is 4.97. The third-order valence-corrected chi connectivity index (χ3v) is 5.11. The lowest BCUT2D eigenvalue weighted by molar-refractivity contribution is -0.121. The number of rotatable bonds is 9. The van der Waals surface area contributed by atoms with Gasteiger partial charge in [0.25, 0.3) is 5.56 Å². The number of hydrogen-bond acceptors (Lipinski definition) is 5. The summed E-state index contributed by atoms with van der Waals surface area (Å²) in [5, 5.41) is 3.42. The molecule has 158 valence electrons. The number of nitrogens with one attached hydrogen (secondary N) is 1. The average molecular weight is 409 g/mol. The number of nitrogens with zero attached hydrogens (tertiary/aromatic N) is 2. The molecule has 0 radical (unpaired) electrons. The van der Waals surface area contributed by atoms with Crippen molar-refractivity contribution in [3.63, 3.8) is 0 Å². The number of hydrogen-bond donors (Lipinski definition) is 1. The van der Waals surface area contributed by atoms with Gasteiger partial charge in [0, 0.05) is 25.6 Å². The van der Waals surface area contributed by atoms with Gasteiger partial charge in [0.2, 0.25) is 5.91 Å². The summed E-state index contributed by atoms with van der Waals surface area (Å²) in [4.78, 5) is 29.3. The Bertz CT molecular complexity index is 1060. The number of fused-ring (bicyclic) bond motifs is 1. The van der Waals surface area contributed by atoms with E-state index in [4.69, 9.17) is 9.47 Å². The Morgan fingerprint density at radius 3 is 2.53 bits per heavy atom. The standard InChI is InChI=1S/C23H27N3O4/c1-16(17-8-5-4-6-9-17)14-24-22(27)10-7-11-26-15-25-19-13-21(30-3)20(29-2)12-18(19)23(26)28/h4-6,8-9,12-13,15-16H,7,10-11,14H2,1-3H3,(H,24,27)/t16-/m0/s1. The van der Waals surface area contributed by atoms with Crippen LogP contribution in [0.25, 0.3) is 10.9 Å². The minimum absolute atomic E-state index is 0.0222. The van der Waals surface area contributed by atoms with Gasteiger partial charge in [-0.25, -0.2) is 4.98 Å². The van der Waals surface area contributed by atoms with Crippen LogP contribution in [-0.4, -0.2) is 36.2 Å². The number of methoxy groups -OCH3 is 2. The van der Waals surface area contributed by atoms with Crippen molar-refractivity contribution in [3.05, 3.63) is 64.7 Å². The van der Waals surface area contributed by atoms with Crippen molar-refractivity contribution < 1.29 is 14.3 Å². The highest BCUT2D eigenvalue weighted by atomic mass is 16.5. The molecule has 0 saturated heterocycles. The van der Waals surface area contributed by atoms with Gasteiger partial charge in [-0.1, -0.05) is 37.3 Å². The van der Waals surface area contributed by atoms with Crippen LogP contribution in [0.15, 0.2) is 53.6 Å². The van der Waals surface area contributed by atoms with E-state index in [0.29, 0.717) is 48.3 Å². The number of aromatic nitrogens is 2. The molecule has 7 nitrogen and oxygen atoms in total. The Labute approximate surface area is 175 Å². The molecule has 0 aliphatic rings. The smallest absolute Gasteiger partial charge is 0.261 e. The number of ether oxygens (including phenoxy) is 2. The molecule has 7 heteroatoms. The van der Waals surface area contributed by atoms with Crippen LogP contribution in [-0.2, 0) is 11.3 Å². The predicted octanol–water partition coefficient (Wildman–Crippen LogP) is 3.11. The summed E-state index contributed by atoms with van der Waals surface area (Å²) >= 11 is 0. The second-order valence-electron chi connectivity index (χ2n) is 7.19. The fraction of sp³-hybridized carbons (Fsp3) is 0.348. The summed E-state index contributed by atoms with van der Waals surface area (Å²) in [7, 11) is 3.06. The second kappa shape index (κ2) is 9.91. The first-order valence-electron chi connectivity index (χ1n) is 9.96. The summed E-state index contributed by atoms with van der Waals surface area (Å²) in [5.74, 6) is 1.23. The first-order valence-corrected chi connectivity index (χ1v) is 9.96. The SMILES string of the molecule is COc1cc2ncn(CCCC(=O)NC[C@H](C)c3ccccc3)c(=O)c2cc1OC. The molecule has 1 heterocycles. The summed E-state index contributed by atoms with van der Waals surface area (Å²) in [6.07, 6.45) is 2.40. The molecule has 0 spiro atoms. The Balaban J connectivity index is 1.57. The molecule has 1 aromatic heterocycles. The maximum atomic E-state index is 12.8. The van der Waals surface area contributed by atoms with Gasteiger partial charge in [-0.3, -0.25) is 14.2 Å². The molecule has 0 aliphatic heterocycles. The van der Waals surface area contributed by atoms with Crippen LogP contribution < -0.4 is 20.3 Å². The first kappa shape index (κ1) is 21.4. The maximum absolute atomic E-state index is 12.8. The third-order valence-electron chi connectivity index (χ3n) is 5.11. The second-order valence-corrected chi connectivity index (χ2v) is 7.19. The van der Waals surface area contributed by atoms with E-state index in [1.165, 1.54) is 30.7 Å². The van der Waals surface area contributed by atoms with Gasteiger partial charge < -0.3 is 14.8 Å². The Hall–Kier alpha value is -3.35. The lowest BCUT2D eigenvalue weighted by Gasteiger charge is -2.13. The average Bonchev–Trinajstić information content (AvgIpc) is 2.78. The van der Waals surface area contributed by atoms with E-state index in [9.17, 15) is 9.59 Å². The molecule has 1 amide bonds. The van der Waals surface area contributed by atoms with E-state index in [1.54, 1.807) is 12.1 Å². The highest BCUT2D eigenvalue weighted by Crippen LogP contribution is 2.29. The molecule has 0 fully saturated rings. The largest absolute Gasteiger partial charge is 0.493 e. The van der Waals surface area contributed by atoms with Crippen molar-refractivity contribution in [2.45, 2.75) is 32.2 Å². The topological polar surface area (TPSA) is 82.5 Å². The van der Waals surface area contributed by atoms with Gasteiger partial charge >= 0.3 is 0 Å². The lowest BCUT2D eigenvalue weighted by Crippen LogP contribution is -2.28. The van der Waals surface area contributed by atoms with Gasteiger partial charge in [0.05, 0.1) is 31.4 Å². The molecular formula is C23H27N3O4. The lowest BCUT2D eigenvalue weighted by atomic mass is 10.0. The minimum atomic E-state index is -0.168. The quantitative estimate of drug-likeness (QED) is 0.587. The minimum Gasteiger partial charge on any atom is -0.493 e. The highest BCUT2D eigenvalue weighted by molar-refractivity contribution is 5.81. The molecule has 0 saturated carbocycles. The number of amides is 1. The van der Waals surface area contributed by atoms with Crippen molar-refractivity contribution >= 4 is 16.8 Å². The van der Waals surface area contributed by atoms with Crippen molar-refractivity contribution in [2.75, 3.05) is 20.8 Å². The predicted molar refractivity (Wildman–Crippen MR) is 116 cm³/mol. The molecule has 0 bridgehead atoms. The number of aryl methyl sites for hydroxylation is 1. The molecular weight excluding hydrogens is 382 g/mol. The summed E-state index contributed by atoms with van der Waals surface area (Å²) in [5.41, 5.74) is 1.57. The van der Waals surface area contributed by atoms with E-state index in [-0.39, 0.29) is 17.4 Å². The van der Waals surface area contributed by atoms with Crippen molar-refractivity contribution in [2.24, 2.45) is 0 Å². The molecule has 1 N–H and O–H groups in total. The zero-order valence-electron chi connectivity index (χ0n) is 17.6. The fourth-order valence-corrected chi connectivity index (χ4v) is 3.31.